The average Bonchev–Trinajstić information content (AvgIpc) is 2.37. The van der Waals surface area contributed by atoms with Gasteiger partial charge in [0.2, 0.25) is 10.0 Å². The highest BCUT2D eigenvalue weighted by atomic mass is 35.5. The molecule has 0 saturated carbocycles. The van der Waals surface area contributed by atoms with E-state index in [4.69, 9.17) is 11.6 Å². The minimum absolute atomic E-state index is 0.187. The molecule has 8 heteroatoms. The lowest BCUT2D eigenvalue weighted by atomic mass is 10.1. The minimum Gasteiger partial charge on any atom is -0.334 e. The molecule has 116 valence electrons. The van der Waals surface area contributed by atoms with E-state index < -0.39 is 10.0 Å². The molecule has 0 aliphatic carbocycles. The molecule has 1 aliphatic heterocycles. The van der Waals surface area contributed by atoms with Crippen molar-refractivity contribution in [2.24, 2.45) is 0 Å². The van der Waals surface area contributed by atoms with Crippen molar-refractivity contribution >= 4 is 33.3 Å². The Morgan fingerprint density at radius 2 is 2.19 bits per heavy atom. The van der Waals surface area contributed by atoms with Crippen LogP contribution in [0.2, 0.25) is 5.02 Å². The fourth-order valence-electron chi connectivity index (χ4n) is 2.28. The van der Waals surface area contributed by atoms with E-state index in [1.165, 1.54) is 10.6 Å². The maximum Gasteiger partial charge on any atom is 0.319 e. The van der Waals surface area contributed by atoms with Gasteiger partial charge in [-0.05, 0) is 31.0 Å². The molecule has 2 amide bonds. The maximum atomic E-state index is 11.9. The number of urea groups is 1. The number of sulfonamides is 1. The molecule has 2 N–H and O–H groups in total. The zero-order chi connectivity index (χ0) is 15.5. The Bertz CT molecular complexity index is 621. The van der Waals surface area contributed by atoms with E-state index in [0.29, 0.717) is 23.8 Å². The number of carbonyl (C=O) groups is 1. The number of hydrogen-bond donors (Lipinski definition) is 2. The summed E-state index contributed by atoms with van der Waals surface area (Å²) in [5.74, 6) is 0. The van der Waals surface area contributed by atoms with Gasteiger partial charge in [0.15, 0.2) is 0 Å². The van der Waals surface area contributed by atoms with Crippen LogP contribution >= 0.6 is 11.6 Å². The molecule has 0 spiro atoms. The first kappa shape index (κ1) is 16.1. The lowest BCUT2D eigenvalue weighted by molar-refractivity contribution is 0.236. The minimum atomic E-state index is -3.21. The molecule has 0 unspecified atom stereocenters. The maximum absolute atomic E-state index is 11.9. The Morgan fingerprint density at radius 1 is 1.43 bits per heavy atom. The van der Waals surface area contributed by atoms with Crippen LogP contribution in [0.25, 0.3) is 0 Å². The Labute approximate surface area is 129 Å². The van der Waals surface area contributed by atoms with Crippen molar-refractivity contribution in [3.05, 3.63) is 29.3 Å². The molecule has 0 radical (unpaired) electrons. The number of carbonyl (C=O) groups excluding carboxylic acids is 1. The Balaban J connectivity index is 1.90. The summed E-state index contributed by atoms with van der Waals surface area (Å²) in [6.07, 6.45) is 2.67. The number of hydrogen-bond acceptors (Lipinski definition) is 3. The van der Waals surface area contributed by atoms with E-state index in [2.05, 4.69) is 10.6 Å². The smallest absolute Gasteiger partial charge is 0.319 e. The second-order valence-electron chi connectivity index (χ2n) is 5.07. The molecule has 0 bridgehead atoms. The van der Waals surface area contributed by atoms with E-state index in [0.717, 1.165) is 12.8 Å². The lowest BCUT2D eigenvalue weighted by Crippen LogP contribution is -2.50. The predicted octanol–water partition coefficient (Wildman–Crippen LogP) is 1.89. The van der Waals surface area contributed by atoms with Crippen molar-refractivity contribution in [3.63, 3.8) is 0 Å². The van der Waals surface area contributed by atoms with Crippen LogP contribution in [0.5, 0.6) is 0 Å². The number of anilines is 1. The molecule has 0 aromatic heterocycles. The van der Waals surface area contributed by atoms with Gasteiger partial charge < -0.3 is 10.6 Å². The third-order valence-electron chi connectivity index (χ3n) is 3.27. The van der Waals surface area contributed by atoms with E-state index in [1.807, 2.05) is 0 Å². The van der Waals surface area contributed by atoms with E-state index in [-0.39, 0.29) is 12.1 Å². The first-order valence-corrected chi connectivity index (χ1v) is 8.85. The Morgan fingerprint density at radius 3 is 2.86 bits per heavy atom. The van der Waals surface area contributed by atoms with Gasteiger partial charge in [-0.25, -0.2) is 17.5 Å². The molecule has 21 heavy (non-hydrogen) atoms. The number of piperidine rings is 1. The van der Waals surface area contributed by atoms with Crippen molar-refractivity contribution in [3.8, 4) is 0 Å². The summed E-state index contributed by atoms with van der Waals surface area (Å²) >= 11 is 5.84. The largest absolute Gasteiger partial charge is 0.334 e. The van der Waals surface area contributed by atoms with Crippen LogP contribution in [0.1, 0.15) is 12.8 Å². The molecule has 1 aliphatic rings. The summed E-state index contributed by atoms with van der Waals surface area (Å²) in [6.45, 7) is 0.814. The highest BCUT2D eigenvalue weighted by Gasteiger charge is 2.26. The average molecular weight is 332 g/mol. The fourth-order valence-corrected chi connectivity index (χ4v) is 3.38. The molecular formula is C13H18ClN3O3S. The zero-order valence-electron chi connectivity index (χ0n) is 11.7. The highest BCUT2D eigenvalue weighted by molar-refractivity contribution is 7.88. The first-order valence-electron chi connectivity index (χ1n) is 6.63. The molecule has 1 aromatic rings. The topological polar surface area (TPSA) is 78.5 Å². The van der Waals surface area contributed by atoms with Crippen molar-refractivity contribution in [2.45, 2.75) is 18.9 Å². The monoisotopic (exact) mass is 331 g/mol. The van der Waals surface area contributed by atoms with Crippen LogP contribution in [0.15, 0.2) is 24.3 Å². The van der Waals surface area contributed by atoms with Crippen LogP contribution in [0.4, 0.5) is 10.5 Å². The van der Waals surface area contributed by atoms with Gasteiger partial charge in [0.05, 0.1) is 6.26 Å². The number of rotatable bonds is 3. The molecule has 1 saturated heterocycles. The predicted molar refractivity (Wildman–Crippen MR) is 83.0 cm³/mol. The highest BCUT2D eigenvalue weighted by Crippen LogP contribution is 2.16. The van der Waals surface area contributed by atoms with Gasteiger partial charge in [-0.1, -0.05) is 17.7 Å². The van der Waals surface area contributed by atoms with E-state index >= 15 is 0 Å². The second-order valence-corrected chi connectivity index (χ2v) is 7.49. The summed E-state index contributed by atoms with van der Waals surface area (Å²) in [6, 6.07) is 6.28. The number of nitrogens with zero attached hydrogens (tertiary/aromatic N) is 1. The van der Waals surface area contributed by atoms with Crippen molar-refractivity contribution < 1.29 is 13.2 Å². The van der Waals surface area contributed by atoms with Gasteiger partial charge in [0.25, 0.3) is 0 Å². The van der Waals surface area contributed by atoms with Gasteiger partial charge in [-0.15, -0.1) is 0 Å². The van der Waals surface area contributed by atoms with Crippen LogP contribution < -0.4 is 10.6 Å². The third-order valence-corrected chi connectivity index (χ3v) is 4.78. The van der Waals surface area contributed by atoms with Crippen LogP contribution in [0.3, 0.4) is 0 Å². The SMILES string of the molecule is CS(=O)(=O)N1CCC[C@@H](NC(=O)Nc2cccc(Cl)c2)C1. The van der Waals surface area contributed by atoms with Crippen LogP contribution in [-0.4, -0.2) is 44.1 Å². The van der Waals surface area contributed by atoms with Gasteiger partial charge in [-0.3, -0.25) is 0 Å². The van der Waals surface area contributed by atoms with Crippen LogP contribution in [-0.2, 0) is 10.0 Å². The fraction of sp³-hybridized carbons (Fsp3) is 0.462. The molecule has 1 heterocycles. The summed E-state index contributed by atoms with van der Waals surface area (Å²) in [5.41, 5.74) is 0.593. The van der Waals surface area contributed by atoms with Crippen LogP contribution in [0, 0.1) is 0 Å². The number of halogens is 1. The molecule has 1 fully saturated rings. The molecule has 6 nitrogen and oxygen atoms in total. The summed E-state index contributed by atoms with van der Waals surface area (Å²) in [4.78, 5) is 11.9. The Kier molecular flexibility index (Phi) is 5.08. The van der Waals surface area contributed by atoms with Gasteiger partial charge in [0, 0.05) is 29.8 Å². The molecule has 1 aromatic carbocycles. The lowest BCUT2D eigenvalue weighted by Gasteiger charge is -2.31. The van der Waals surface area contributed by atoms with Gasteiger partial charge in [-0.2, -0.15) is 0 Å². The van der Waals surface area contributed by atoms with Crippen molar-refractivity contribution in [2.75, 3.05) is 24.7 Å². The summed E-state index contributed by atoms with van der Waals surface area (Å²) < 4.78 is 24.4. The molecule has 2 rings (SSSR count). The normalized spacial score (nSPS) is 20.0. The van der Waals surface area contributed by atoms with E-state index in [9.17, 15) is 13.2 Å². The zero-order valence-corrected chi connectivity index (χ0v) is 13.2. The number of amides is 2. The van der Waals surface area contributed by atoms with Crippen molar-refractivity contribution in [1.29, 1.82) is 0 Å². The third kappa shape index (κ3) is 4.87. The molecule has 1 atom stereocenters. The van der Waals surface area contributed by atoms with Gasteiger partial charge >= 0.3 is 6.03 Å². The van der Waals surface area contributed by atoms with E-state index in [1.54, 1.807) is 24.3 Å². The Hall–Kier alpha value is -1.31. The summed E-state index contributed by atoms with van der Waals surface area (Å²) in [5, 5.41) is 6.01. The first-order chi connectivity index (χ1) is 9.84. The number of benzene rings is 1. The quantitative estimate of drug-likeness (QED) is 0.887. The summed E-state index contributed by atoms with van der Waals surface area (Å²) in [7, 11) is -3.21. The van der Waals surface area contributed by atoms with Crippen molar-refractivity contribution in [1.82, 2.24) is 9.62 Å². The van der Waals surface area contributed by atoms with Gasteiger partial charge in [0.1, 0.15) is 0 Å². The second kappa shape index (κ2) is 6.64. The number of nitrogens with one attached hydrogen (secondary N) is 2. The standard InChI is InChI=1S/C13H18ClN3O3S/c1-21(19,20)17-7-3-6-12(9-17)16-13(18)15-11-5-2-4-10(14)8-11/h2,4-5,8,12H,3,6-7,9H2,1H3,(H2,15,16,18)/t12-/m1/s1. The molecular weight excluding hydrogens is 314 g/mol.